The second-order valence-corrected chi connectivity index (χ2v) is 3.49. The van der Waals surface area contributed by atoms with E-state index in [0.29, 0.717) is 5.57 Å². The maximum absolute atomic E-state index is 10.5. The van der Waals surface area contributed by atoms with Crippen LogP contribution in [0.25, 0.3) is 0 Å². The van der Waals surface area contributed by atoms with Crippen molar-refractivity contribution in [1.82, 2.24) is 0 Å². The highest BCUT2D eigenvalue weighted by atomic mass is 32.2. The third-order valence-electron chi connectivity index (χ3n) is 0.888. The molecular weight excluding hydrogens is 164 g/mol. The average molecular weight is 174 g/mol. The van der Waals surface area contributed by atoms with E-state index in [-0.39, 0.29) is 4.91 Å². The summed E-state index contributed by atoms with van der Waals surface area (Å²) in [5.41, 5.74) is 0.539. The molecule has 0 unspecified atom stereocenters. The molecule has 0 aromatic heterocycles. The molecule has 0 aromatic carbocycles. The van der Waals surface area contributed by atoms with Crippen LogP contribution in [0.15, 0.2) is 35.8 Å². The van der Waals surface area contributed by atoms with Crippen LogP contribution in [0.2, 0.25) is 0 Å². The standard InChI is InChI=1S/C7H10O3S/c1-4-7(5-6(2)3)11(8,9)10/h4-5H,1-2H2,3H3,(H,8,9,10)/b7-5+. The van der Waals surface area contributed by atoms with E-state index in [0.717, 1.165) is 6.08 Å². The van der Waals surface area contributed by atoms with Crippen molar-refractivity contribution < 1.29 is 13.0 Å². The van der Waals surface area contributed by atoms with Gasteiger partial charge >= 0.3 is 0 Å². The largest absolute Gasteiger partial charge is 0.294 e. The van der Waals surface area contributed by atoms with Crippen molar-refractivity contribution in [3.05, 3.63) is 35.8 Å². The minimum absolute atomic E-state index is 0.231. The zero-order valence-electron chi connectivity index (χ0n) is 6.24. The third kappa shape index (κ3) is 3.75. The molecule has 3 nitrogen and oxygen atoms in total. The SMILES string of the molecule is C=C/C(=C\C(=C)C)S(=O)(=O)O. The first-order valence-electron chi connectivity index (χ1n) is 2.85. The number of hydrogen-bond acceptors (Lipinski definition) is 2. The lowest BCUT2D eigenvalue weighted by Crippen LogP contribution is -1.98. The van der Waals surface area contributed by atoms with E-state index in [2.05, 4.69) is 13.2 Å². The summed E-state index contributed by atoms with van der Waals surface area (Å²) in [4.78, 5) is -0.231. The van der Waals surface area contributed by atoms with Gasteiger partial charge in [-0.3, -0.25) is 4.55 Å². The first-order valence-corrected chi connectivity index (χ1v) is 4.29. The Labute approximate surface area is 66.5 Å². The van der Waals surface area contributed by atoms with Crippen molar-refractivity contribution in [1.29, 1.82) is 0 Å². The fourth-order valence-corrected chi connectivity index (χ4v) is 1.04. The van der Waals surface area contributed by atoms with E-state index in [1.807, 2.05) is 0 Å². The lowest BCUT2D eigenvalue weighted by atomic mass is 10.3. The van der Waals surface area contributed by atoms with Crippen LogP contribution in [-0.4, -0.2) is 13.0 Å². The summed E-state index contributed by atoms with van der Waals surface area (Å²) in [5.74, 6) is 0. The minimum Gasteiger partial charge on any atom is -0.282 e. The summed E-state index contributed by atoms with van der Waals surface area (Å²) >= 11 is 0. The van der Waals surface area contributed by atoms with Crippen LogP contribution in [0.4, 0.5) is 0 Å². The van der Waals surface area contributed by atoms with Crippen molar-refractivity contribution >= 4 is 10.1 Å². The molecule has 0 fully saturated rings. The quantitative estimate of drug-likeness (QED) is 0.521. The van der Waals surface area contributed by atoms with Gasteiger partial charge in [0.1, 0.15) is 0 Å². The summed E-state index contributed by atoms with van der Waals surface area (Å²) in [6, 6.07) is 0. The Kier molecular flexibility index (Phi) is 3.22. The Balaban J connectivity index is 5.00. The van der Waals surface area contributed by atoms with Crippen LogP contribution in [0.3, 0.4) is 0 Å². The molecule has 0 bridgehead atoms. The highest BCUT2D eigenvalue weighted by Gasteiger charge is 2.08. The van der Waals surface area contributed by atoms with Gasteiger partial charge in [0.15, 0.2) is 0 Å². The van der Waals surface area contributed by atoms with Gasteiger partial charge in [-0.05, 0) is 19.1 Å². The van der Waals surface area contributed by atoms with Crippen LogP contribution in [-0.2, 0) is 10.1 Å². The lowest BCUT2D eigenvalue weighted by Gasteiger charge is -1.95. The summed E-state index contributed by atoms with van der Waals surface area (Å²) in [7, 11) is -4.13. The first kappa shape index (κ1) is 10.1. The van der Waals surface area contributed by atoms with E-state index in [4.69, 9.17) is 4.55 Å². The van der Waals surface area contributed by atoms with Gasteiger partial charge in [0.05, 0.1) is 4.91 Å². The Morgan fingerprint density at radius 1 is 1.55 bits per heavy atom. The maximum Gasteiger partial charge on any atom is 0.294 e. The minimum atomic E-state index is -4.13. The predicted octanol–water partition coefficient (Wildman–Crippen LogP) is 1.52. The molecule has 4 heteroatoms. The monoisotopic (exact) mass is 174 g/mol. The fraction of sp³-hybridized carbons (Fsp3) is 0.143. The number of allylic oxidation sites excluding steroid dienone is 3. The number of rotatable bonds is 3. The molecule has 0 saturated heterocycles. The summed E-state index contributed by atoms with van der Waals surface area (Å²) in [6.45, 7) is 8.31. The molecule has 0 spiro atoms. The van der Waals surface area contributed by atoms with Gasteiger partial charge < -0.3 is 0 Å². The van der Waals surface area contributed by atoms with Gasteiger partial charge in [-0.15, -0.1) is 0 Å². The summed E-state index contributed by atoms with van der Waals surface area (Å²) < 4.78 is 29.5. The summed E-state index contributed by atoms with van der Waals surface area (Å²) in [6.07, 6.45) is 2.30. The Hall–Kier alpha value is -0.870. The van der Waals surface area contributed by atoms with Crippen LogP contribution in [0.1, 0.15) is 6.92 Å². The van der Waals surface area contributed by atoms with E-state index >= 15 is 0 Å². The zero-order chi connectivity index (χ0) is 9.07. The molecule has 1 N–H and O–H groups in total. The van der Waals surface area contributed by atoms with Gasteiger partial charge in [0.2, 0.25) is 0 Å². The van der Waals surface area contributed by atoms with Gasteiger partial charge in [0, 0.05) is 0 Å². The molecule has 0 heterocycles. The average Bonchev–Trinajstić information content (AvgIpc) is 1.79. The molecule has 0 aliphatic carbocycles. The first-order chi connectivity index (χ1) is 4.88. The van der Waals surface area contributed by atoms with E-state index in [9.17, 15) is 8.42 Å². The maximum atomic E-state index is 10.5. The second kappa shape index (κ2) is 3.50. The van der Waals surface area contributed by atoms with Crippen molar-refractivity contribution in [3.63, 3.8) is 0 Å². The van der Waals surface area contributed by atoms with Crippen molar-refractivity contribution in [2.24, 2.45) is 0 Å². The Morgan fingerprint density at radius 3 is 2.09 bits per heavy atom. The van der Waals surface area contributed by atoms with Crippen molar-refractivity contribution in [3.8, 4) is 0 Å². The third-order valence-corrected chi connectivity index (χ3v) is 1.77. The lowest BCUT2D eigenvalue weighted by molar-refractivity contribution is 0.492. The topological polar surface area (TPSA) is 54.4 Å². The van der Waals surface area contributed by atoms with Crippen LogP contribution in [0, 0.1) is 0 Å². The molecule has 0 aromatic rings. The van der Waals surface area contributed by atoms with Gasteiger partial charge in [-0.1, -0.05) is 18.7 Å². The number of hydrogen-bond donors (Lipinski definition) is 1. The Bertz CT molecular complexity index is 296. The molecule has 62 valence electrons. The van der Waals surface area contributed by atoms with E-state index < -0.39 is 10.1 Å². The molecule has 0 rings (SSSR count). The molecule has 0 atom stereocenters. The molecule has 0 aliphatic heterocycles. The molecule has 0 aliphatic rings. The molecule has 0 amide bonds. The van der Waals surface area contributed by atoms with Crippen LogP contribution in [0.5, 0.6) is 0 Å². The van der Waals surface area contributed by atoms with Crippen molar-refractivity contribution in [2.75, 3.05) is 0 Å². The molecular formula is C7H10O3S. The smallest absolute Gasteiger partial charge is 0.282 e. The normalized spacial score (nSPS) is 12.7. The fourth-order valence-electron chi connectivity index (χ4n) is 0.482. The van der Waals surface area contributed by atoms with Crippen LogP contribution < -0.4 is 0 Å². The molecule has 0 radical (unpaired) electrons. The van der Waals surface area contributed by atoms with E-state index in [1.54, 1.807) is 6.92 Å². The molecule has 11 heavy (non-hydrogen) atoms. The van der Waals surface area contributed by atoms with Gasteiger partial charge in [-0.2, -0.15) is 8.42 Å². The van der Waals surface area contributed by atoms with Crippen molar-refractivity contribution in [2.45, 2.75) is 6.92 Å². The highest BCUT2D eigenvalue weighted by Crippen LogP contribution is 2.07. The van der Waals surface area contributed by atoms with E-state index in [1.165, 1.54) is 6.08 Å². The second-order valence-electron chi connectivity index (χ2n) is 2.07. The van der Waals surface area contributed by atoms with Gasteiger partial charge in [-0.25, -0.2) is 0 Å². The van der Waals surface area contributed by atoms with Gasteiger partial charge in [0.25, 0.3) is 10.1 Å². The highest BCUT2D eigenvalue weighted by molar-refractivity contribution is 7.90. The Morgan fingerprint density at radius 2 is 2.00 bits per heavy atom. The van der Waals surface area contributed by atoms with Crippen LogP contribution >= 0.6 is 0 Å². The zero-order valence-corrected chi connectivity index (χ0v) is 7.06. The molecule has 0 saturated carbocycles. The summed E-state index contributed by atoms with van der Waals surface area (Å²) in [5, 5.41) is 0. The predicted molar refractivity (Wildman–Crippen MR) is 44.6 cm³/mol.